The third-order valence-corrected chi connectivity index (χ3v) is 1.84. The van der Waals surface area contributed by atoms with E-state index in [1.54, 1.807) is 20.8 Å². The number of halogens is 1. The third-order valence-electron chi connectivity index (χ3n) is 1.84. The van der Waals surface area contributed by atoms with Gasteiger partial charge in [0.1, 0.15) is 11.4 Å². The average Bonchev–Trinajstić information content (AvgIpc) is 2.18. The minimum atomic E-state index is -0.758. The van der Waals surface area contributed by atoms with E-state index in [-0.39, 0.29) is 11.4 Å². The number of esters is 1. The fourth-order valence-corrected chi connectivity index (χ4v) is 1.24. The molecule has 1 N–H and O–H groups in total. The maximum Gasteiger partial charge on any atom is 0.412 e. The van der Waals surface area contributed by atoms with Crippen LogP contribution in [0.4, 0.5) is 14.9 Å². The molecule has 0 unspecified atom stereocenters. The average molecular weight is 269 g/mol. The van der Waals surface area contributed by atoms with Crippen LogP contribution >= 0.6 is 0 Å². The molecule has 0 aromatic heterocycles. The Morgan fingerprint density at radius 1 is 1.26 bits per heavy atom. The highest BCUT2D eigenvalue weighted by Gasteiger charge is 2.17. The first-order valence-corrected chi connectivity index (χ1v) is 5.65. The molecule has 0 fully saturated rings. The Bertz CT molecular complexity index is 494. The molecular weight excluding hydrogens is 253 g/mol. The number of nitrogens with one attached hydrogen (secondary N) is 1. The van der Waals surface area contributed by atoms with Crippen LogP contribution < -0.4 is 10.1 Å². The number of anilines is 1. The van der Waals surface area contributed by atoms with Crippen molar-refractivity contribution in [3.8, 4) is 5.75 Å². The monoisotopic (exact) mass is 269 g/mol. The van der Waals surface area contributed by atoms with Gasteiger partial charge in [0.25, 0.3) is 0 Å². The number of amides is 1. The highest BCUT2D eigenvalue weighted by molar-refractivity contribution is 5.85. The van der Waals surface area contributed by atoms with E-state index in [2.05, 4.69) is 5.32 Å². The van der Waals surface area contributed by atoms with Crippen LogP contribution in [0.25, 0.3) is 0 Å². The number of carbonyl (C=O) groups is 2. The van der Waals surface area contributed by atoms with Gasteiger partial charge in [-0.1, -0.05) is 0 Å². The highest BCUT2D eigenvalue weighted by Crippen LogP contribution is 2.21. The zero-order valence-electron chi connectivity index (χ0n) is 11.2. The van der Waals surface area contributed by atoms with Gasteiger partial charge < -0.3 is 9.47 Å². The van der Waals surface area contributed by atoms with Crippen molar-refractivity contribution in [2.45, 2.75) is 33.3 Å². The lowest BCUT2D eigenvalue weighted by Gasteiger charge is -2.19. The zero-order chi connectivity index (χ0) is 14.6. The lowest BCUT2D eigenvalue weighted by Crippen LogP contribution is -2.27. The molecule has 104 valence electrons. The molecule has 5 nitrogen and oxygen atoms in total. The van der Waals surface area contributed by atoms with Crippen molar-refractivity contribution in [1.82, 2.24) is 0 Å². The standard InChI is InChI=1S/C13H16FNO4/c1-8(16)18-9-5-6-11(10(14)7-9)15-12(17)19-13(2,3)4/h5-7H,1-4H3,(H,15,17). The van der Waals surface area contributed by atoms with E-state index in [0.29, 0.717) is 0 Å². The van der Waals surface area contributed by atoms with Crippen LogP contribution in [0.5, 0.6) is 5.75 Å². The molecule has 6 heteroatoms. The van der Waals surface area contributed by atoms with Crippen LogP contribution in [0, 0.1) is 5.82 Å². The molecular formula is C13H16FNO4. The van der Waals surface area contributed by atoms with Crippen molar-refractivity contribution in [3.05, 3.63) is 24.0 Å². The minimum absolute atomic E-state index is 0.0508. The molecule has 0 bridgehead atoms. The first kappa shape index (κ1) is 14.9. The quantitative estimate of drug-likeness (QED) is 0.662. The van der Waals surface area contributed by atoms with Gasteiger partial charge in [0.2, 0.25) is 0 Å². The van der Waals surface area contributed by atoms with E-state index in [1.807, 2.05) is 0 Å². The normalized spacial score (nSPS) is 10.8. The molecule has 0 aliphatic heterocycles. The number of carbonyl (C=O) groups excluding carboxylic acids is 2. The molecule has 1 aromatic carbocycles. The molecule has 0 radical (unpaired) electrons. The van der Waals surface area contributed by atoms with Gasteiger partial charge in [0.05, 0.1) is 5.69 Å². The van der Waals surface area contributed by atoms with E-state index < -0.39 is 23.5 Å². The Hall–Kier alpha value is -2.11. The maximum atomic E-state index is 13.6. The van der Waals surface area contributed by atoms with Gasteiger partial charge >= 0.3 is 12.1 Å². The van der Waals surface area contributed by atoms with Gasteiger partial charge in [-0.15, -0.1) is 0 Å². The van der Waals surface area contributed by atoms with Crippen LogP contribution in [-0.4, -0.2) is 17.7 Å². The summed E-state index contributed by atoms with van der Waals surface area (Å²) in [7, 11) is 0. The smallest absolute Gasteiger partial charge is 0.412 e. The fraction of sp³-hybridized carbons (Fsp3) is 0.385. The summed E-state index contributed by atoms with van der Waals surface area (Å²) < 4.78 is 23.3. The molecule has 1 amide bonds. The number of rotatable bonds is 2. The van der Waals surface area contributed by atoms with Gasteiger partial charge in [-0.3, -0.25) is 10.1 Å². The zero-order valence-corrected chi connectivity index (χ0v) is 11.2. The summed E-state index contributed by atoms with van der Waals surface area (Å²) >= 11 is 0. The molecule has 0 saturated carbocycles. The Balaban J connectivity index is 2.75. The summed E-state index contributed by atoms with van der Waals surface area (Å²) in [6, 6.07) is 3.67. The first-order chi connectivity index (χ1) is 8.67. The number of benzene rings is 1. The van der Waals surface area contributed by atoms with Crippen molar-refractivity contribution in [2.75, 3.05) is 5.32 Å². The molecule has 0 heterocycles. The number of hydrogen-bond donors (Lipinski definition) is 1. The van der Waals surface area contributed by atoms with Gasteiger partial charge in [0.15, 0.2) is 5.82 Å². The van der Waals surface area contributed by atoms with Crippen molar-refractivity contribution in [1.29, 1.82) is 0 Å². The molecule has 0 saturated heterocycles. The van der Waals surface area contributed by atoms with Crippen molar-refractivity contribution >= 4 is 17.7 Å². The van der Waals surface area contributed by atoms with E-state index in [9.17, 15) is 14.0 Å². The predicted molar refractivity (Wildman–Crippen MR) is 67.6 cm³/mol. The summed E-state index contributed by atoms with van der Waals surface area (Å²) in [5, 5.41) is 2.27. The lowest BCUT2D eigenvalue weighted by atomic mass is 10.2. The second-order valence-electron chi connectivity index (χ2n) is 4.86. The second kappa shape index (κ2) is 5.69. The van der Waals surface area contributed by atoms with Crippen LogP contribution in [-0.2, 0) is 9.53 Å². The van der Waals surface area contributed by atoms with Crippen LogP contribution in [0.2, 0.25) is 0 Å². The predicted octanol–water partition coefficient (Wildman–Crippen LogP) is 3.10. The number of ether oxygens (including phenoxy) is 2. The number of hydrogen-bond acceptors (Lipinski definition) is 4. The molecule has 0 aliphatic carbocycles. The largest absolute Gasteiger partial charge is 0.444 e. The molecule has 0 aliphatic rings. The Morgan fingerprint density at radius 3 is 2.37 bits per heavy atom. The van der Waals surface area contributed by atoms with Crippen LogP contribution in [0.15, 0.2) is 18.2 Å². The van der Waals surface area contributed by atoms with Gasteiger partial charge in [-0.2, -0.15) is 0 Å². The van der Waals surface area contributed by atoms with Crippen molar-refractivity contribution in [2.24, 2.45) is 0 Å². The summed E-state index contributed by atoms with van der Waals surface area (Å²) in [6.45, 7) is 6.32. The topological polar surface area (TPSA) is 64.6 Å². The van der Waals surface area contributed by atoms with E-state index in [4.69, 9.17) is 9.47 Å². The van der Waals surface area contributed by atoms with Crippen LogP contribution in [0.1, 0.15) is 27.7 Å². The maximum absolute atomic E-state index is 13.6. The van der Waals surface area contributed by atoms with E-state index >= 15 is 0 Å². The Kier molecular flexibility index (Phi) is 4.47. The molecule has 1 aromatic rings. The van der Waals surface area contributed by atoms with Gasteiger partial charge in [0, 0.05) is 13.0 Å². The van der Waals surface area contributed by atoms with E-state index in [0.717, 1.165) is 6.07 Å². The molecule has 1 rings (SSSR count). The summed E-state index contributed by atoms with van der Waals surface area (Å²) in [5.41, 5.74) is -0.719. The Labute approximate surface area is 110 Å². The third kappa shape index (κ3) is 5.37. The molecule has 0 spiro atoms. The summed E-state index contributed by atoms with van der Waals surface area (Å²) in [5.74, 6) is -1.20. The molecule has 19 heavy (non-hydrogen) atoms. The minimum Gasteiger partial charge on any atom is -0.444 e. The SMILES string of the molecule is CC(=O)Oc1ccc(NC(=O)OC(C)(C)C)c(F)c1. The lowest BCUT2D eigenvalue weighted by molar-refractivity contribution is -0.131. The molecule has 0 atom stereocenters. The van der Waals surface area contributed by atoms with Crippen LogP contribution in [0.3, 0.4) is 0 Å². The summed E-state index contributed by atoms with van der Waals surface area (Å²) in [6.07, 6.45) is -0.758. The van der Waals surface area contributed by atoms with Gasteiger partial charge in [-0.05, 0) is 32.9 Å². The Morgan fingerprint density at radius 2 is 1.89 bits per heavy atom. The highest BCUT2D eigenvalue weighted by atomic mass is 19.1. The van der Waals surface area contributed by atoms with Crippen molar-refractivity contribution in [3.63, 3.8) is 0 Å². The van der Waals surface area contributed by atoms with Gasteiger partial charge in [-0.25, -0.2) is 9.18 Å². The summed E-state index contributed by atoms with van der Waals surface area (Å²) in [4.78, 5) is 22.2. The fourth-order valence-electron chi connectivity index (χ4n) is 1.24. The first-order valence-electron chi connectivity index (χ1n) is 5.65. The second-order valence-corrected chi connectivity index (χ2v) is 4.86. The van der Waals surface area contributed by atoms with E-state index in [1.165, 1.54) is 19.1 Å². The van der Waals surface area contributed by atoms with Crippen molar-refractivity contribution < 1.29 is 23.5 Å².